The molecule has 0 bridgehead atoms. The van der Waals surface area contributed by atoms with E-state index in [-0.39, 0.29) is 11.6 Å². The SMILES string of the molecule is CCc1cc(CC)c(C(N)CC2(OC)CCC2)c(CC)c1. The predicted molar refractivity (Wildman–Crippen MR) is 89.7 cm³/mol. The molecule has 0 aromatic heterocycles. The molecule has 1 saturated carbocycles. The highest BCUT2D eigenvalue weighted by molar-refractivity contribution is 5.42. The van der Waals surface area contributed by atoms with Crippen molar-refractivity contribution in [3.05, 3.63) is 34.4 Å². The minimum absolute atomic E-state index is 0.0405. The van der Waals surface area contributed by atoms with Gasteiger partial charge >= 0.3 is 0 Å². The van der Waals surface area contributed by atoms with Gasteiger partial charge in [-0.15, -0.1) is 0 Å². The summed E-state index contributed by atoms with van der Waals surface area (Å²) in [6.07, 6.45) is 7.76. The predicted octanol–water partition coefficient (Wildman–Crippen LogP) is 4.33. The van der Waals surface area contributed by atoms with E-state index >= 15 is 0 Å². The quantitative estimate of drug-likeness (QED) is 0.810. The monoisotopic (exact) mass is 289 g/mol. The van der Waals surface area contributed by atoms with E-state index in [1.54, 1.807) is 0 Å². The lowest BCUT2D eigenvalue weighted by Gasteiger charge is -2.42. The lowest BCUT2D eigenvalue weighted by Crippen LogP contribution is -2.42. The second kappa shape index (κ2) is 6.93. The van der Waals surface area contributed by atoms with Crippen molar-refractivity contribution in [3.63, 3.8) is 0 Å². The first-order valence-corrected chi connectivity index (χ1v) is 8.54. The van der Waals surface area contributed by atoms with Gasteiger partial charge in [0.25, 0.3) is 0 Å². The first-order chi connectivity index (χ1) is 10.1. The zero-order chi connectivity index (χ0) is 15.5. The van der Waals surface area contributed by atoms with Gasteiger partial charge in [-0.3, -0.25) is 0 Å². The fraction of sp³-hybridized carbons (Fsp3) is 0.684. The normalized spacial score (nSPS) is 18.3. The molecule has 2 nitrogen and oxygen atoms in total. The minimum Gasteiger partial charge on any atom is -0.378 e. The Hall–Kier alpha value is -0.860. The number of hydrogen-bond donors (Lipinski definition) is 1. The molecule has 21 heavy (non-hydrogen) atoms. The molecule has 1 unspecified atom stereocenters. The number of benzene rings is 1. The van der Waals surface area contributed by atoms with Crippen LogP contribution in [0.15, 0.2) is 12.1 Å². The number of methoxy groups -OCH3 is 1. The van der Waals surface area contributed by atoms with Gasteiger partial charge in [0.2, 0.25) is 0 Å². The molecule has 1 aromatic rings. The van der Waals surface area contributed by atoms with E-state index in [4.69, 9.17) is 10.5 Å². The Bertz CT molecular complexity index is 446. The molecule has 1 aliphatic carbocycles. The van der Waals surface area contributed by atoms with Crippen molar-refractivity contribution < 1.29 is 4.74 Å². The third kappa shape index (κ3) is 3.32. The van der Waals surface area contributed by atoms with Crippen molar-refractivity contribution in [3.8, 4) is 0 Å². The van der Waals surface area contributed by atoms with Crippen molar-refractivity contribution in [2.24, 2.45) is 5.73 Å². The smallest absolute Gasteiger partial charge is 0.0696 e. The Morgan fingerprint density at radius 3 is 2.00 bits per heavy atom. The van der Waals surface area contributed by atoms with E-state index in [2.05, 4.69) is 32.9 Å². The molecule has 1 atom stereocenters. The molecule has 2 rings (SSSR count). The van der Waals surface area contributed by atoms with Crippen LogP contribution >= 0.6 is 0 Å². The topological polar surface area (TPSA) is 35.2 Å². The molecule has 0 spiro atoms. The molecule has 0 aliphatic heterocycles. The van der Waals surface area contributed by atoms with E-state index in [9.17, 15) is 0 Å². The van der Waals surface area contributed by atoms with Crippen LogP contribution in [0.4, 0.5) is 0 Å². The molecule has 0 saturated heterocycles. The lowest BCUT2D eigenvalue weighted by molar-refractivity contribution is -0.0817. The van der Waals surface area contributed by atoms with Crippen LogP contribution in [0, 0.1) is 0 Å². The number of aryl methyl sites for hydroxylation is 3. The third-order valence-corrected chi connectivity index (χ3v) is 5.24. The highest BCUT2D eigenvalue weighted by atomic mass is 16.5. The maximum atomic E-state index is 6.63. The summed E-state index contributed by atoms with van der Waals surface area (Å²) in [5, 5.41) is 0. The van der Waals surface area contributed by atoms with Crippen molar-refractivity contribution in [2.45, 2.75) is 77.4 Å². The van der Waals surface area contributed by atoms with Crippen LogP contribution in [0.25, 0.3) is 0 Å². The zero-order valence-corrected chi connectivity index (χ0v) is 14.2. The van der Waals surface area contributed by atoms with Crippen LogP contribution in [0.1, 0.15) is 74.8 Å². The highest BCUT2D eigenvalue weighted by Gasteiger charge is 2.39. The first kappa shape index (κ1) is 16.5. The summed E-state index contributed by atoms with van der Waals surface area (Å²) in [5.41, 5.74) is 12.4. The van der Waals surface area contributed by atoms with Crippen molar-refractivity contribution in [2.75, 3.05) is 7.11 Å². The van der Waals surface area contributed by atoms with Gasteiger partial charge in [-0.05, 0) is 67.2 Å². The summed E-state index contributed by atoms with van der Waals surface area (Å²) < 4.78 is 5.78. The summed E-state index contributed by atoms with van der Waals surface area (Å²) in [7, 11) is 1.84. The number of rotatable bonds is 7. The molecule has 0 radical (unpaired) electrons. The van der Waals surface area contributed by atoms with Gasteiger partial charge in [0.1, 0.15) is 0 Å². The van der Waals surface area contributed by atoms with Crippen LogP contribution < -0.4 is 5.73 Å². The van der Waals surface area contributed by atoms with Gasteiger partial charge in [-0.1, -0.05) is 32.9 Å². The molecule has 2 heteroatoms. The van der Waals surface area contributed by atoms with E-state index in [0.717, 1.165) is 38.5 Å². The first-order valence-electron chi connectivity index (χ1n) is 8.54. The largest absolute Gasteiger partial charge is 0.378 e. The Morgan fingerprint density at radius 2 is 1.67 bits per heavy atom. The Morgan fingerprint density at radius 1 is 1.10 bits per heavy atom. The molecular weight excluding hydrogens is 258 g/mol. The molecule has 1 fully saturated rings. The van der Waals surface area contributed by atoms with Crippen molar-refractivity contribution >= 4 is 0 Å². The summed E-state index contributed by atoms with van der Waals surface area (Å²) in [6, 6.07) is 4.81. The summed E-state index contributed by atoms with van der Waals surface area (Å²) in [5.74, 6) is 0. The van der Waals surface area contributed by atoms with Crippen molar-refractivity contribution in [1.29, 1.82) is 0 Å². The van der Waals surface area contributed by atoms with Crippen LogP contribution in [0.5, 0.6) is 0 Å². The number of hydrogen-bond acceptors (Lipinski definition) is 2. The zero-order valence-electron chi connectivity index (χ0n) is 14.2. The van der Waals surface area contributed by atoms with E-state index in [1.807, 2.05) is 7.11 Å². The van der Waals surface area contributed by atoms with E-state index in [1.165, 1.54) is 28.7 Å². The second-order valence-electron chi connectivity index (χ2n) is 6.44. The molecule has 0 amide bonds. The van der Waals surface area contributed by atoms with Crippen LogP contribution in [-0.4, -0.2) is 12.7 Å². The summed E-state index contributed by atoms with van der Waals surface area (Å²) in [6.45, 7) is 6.70. The van der Waals surface area contributed by atoms with Crippen LogP contribution in [0.3, 0.4) is 0 Å². The molecule has 1 aromatic carbocycles. The number of ether oxygens (including phenoxy) is 1. The fourth-order valence-electron chi connectivity index (χ4n) is 3.68. The Labute approximate surface area is 130 Å². The molecule has 0 heterocycles. The highest BCUT2D eigenvalue weighted by Crippen LogP contribution is 2.42. The molecule has 2 N–H and O–H groups in total. The van der Waals surface area contributed by atoms with Gasteiger partial charge in [0, 0.05) is 13.2 Å². The number of nitrogens with two attached hydrogens (primary N) is 1. The maximum absolute atomic E-state index is 6.63. The summed E-state index contributed by atoms with van der Waals surface area (Å²) in [4.78, 5) is 0. The van der Waals surface area contributed by atoms with Gasteiger partial charge in [0.15, 0.2) is 0 Å². The second-order valence-corrected chi connectivity index (χ2v) is 6.44. The van der Waals surface area contributed by atoms with E-state index in [0.29, 0.717) is 0 Å². The molecular formula is C19H31NO. The average molecular weight is 289 g/mol. The Kier molecular flexibility index (Phi) is 5.45. The summed E-state index contributed by atoms with van der Waals surface area (Å²) >= 11 is 0. The van der Waals surface area contributed by atoms with Crippen molar-refractivity contribution in [1.82, 2.24) is 0 Å². The van der Waals surface area contributed by atoms with Gasteiger partial charge in [0.05, 0.1) is 5.60 Å². The molecule has 118 valence electrons. The molecule has 1 aliphatic rings. The fourth-order valence-corrected chi connectivity index (χ4v) is 3.68. The Balaban J connectivity index is 2.32. The van der Waals surface area contributed by atoms with Crippen LogP contribution in [-0.2, 0) is 24.0 Å². The van der Waals surface area contributed by atoms with Crippen LogP contribution in [0.2, 0.25) is 0 Å². The lowest BCUT2D eigenvalue weighted by atomic mass is 9.73. The average Bonchev–Trinajstić information content (AvgIpc) is 2.48. The maximum Gasteiger partial charge on any atom is 0.0696 e. The third-order valence-electron chi connectivity index (χ3n) is 5.24. The standard InChI is InChI=1S/C19H31NO/c1-5-14-11-15(6-2)18(16(7-3)12-14)17(20)13-19(21-4)9-8-10-19/h11-12,17H,5-10,13,20H2,1-4H3. The minimum atomic E-state index is 0.0405. The van der Waals surface area contributed by atoms with Gasteiger partial charge < -0.3 is 10.5 Å². The van der Waals surface area contributed by atoms with Gasteiger partial charge in [-0.25, -0.2) is 0 Å². The van der Waals surface area contributed by atoms with E-state index < -0.39 is 0 Å². The van der Waals surface area contributed by atoms with Gasteiger partial charge in [-0.2, -0.15) is 0 Å².